The molecule has 0 saturated heterocycles. The van der Waals surface area contributed by atoms with Gasteiger partial charge in [-0.05, 0) is 29.3 Å². The zero-order valence-electron chi connectivity index (χ0n) is 12.7. The summed E-state index contributed by atoms with van der Waals surface area (Å²) in [6.45, 7) is 0. The van der Waals surface area contributed by atoms with E-state index in [1.54, 1.807) is 47.4 Å². The third kappa shape index (κ3) is 3.43. The lowest BCUT2D eigenvalue weighted by Gasteiger charge is -2.29. The van der Waals surface area contributed by atoms with Crippen molar-refractivity contribution >= 4 is 40.4 Å². The molecule has 4 nitrogen and oxygen atoms in total. The Morgan fingerprint density at radius 2 is 2.12 bits per heavy atom. The Morgan fingerprint density at radius 3 is 2.75 bits per heavy atom. The Morgan fingerprint density at radius 1 is 1.29 bits per heavy atom. The van der Waals surface area contributed by atoms with Gasteiger partial charge in [0.05, 0.1) is 11.6 Å². The molecule has 7 heteroatoms. The SMILES string of the molecule is CN(C(=O)c1cscn1)[C@H](c1cccnc1)c1ccc(Cl)cc1Cl. The second-order valence-corrected chi connectivity index (χ2v) is 6.71. The molecule has 1 atom stereocenters. The fourth-order valence-electron chi connectivity index (χ4n) is 2.49. The van der Waals surface area contributed by atoms with E-state index in [2.05, 4.69) is 9.97 Å². The average molecular weight is 378 g/mol. The fourth-order valence-corrected chi connectivity index (χ4v) is 3.53. The van der Waals surface area contributed by atoms with Gasteiger partial charge in [0.25, 0.3) is 5.91 Å². The number of hydrogen-bond acceptors (Lipinski definition) is 4. The molecule has 1 aromatic carbocycles. The number of amides is 1. The summed E-state index contributed by atoms with van der Waals surface area (Å²) in [6.07, 6.45) is 3.41. The molecule has 122 valence electrons. The molecule has 0 aliphatic rings. The highest BCUT2D eigenvalue weighted by molar-refractivity contribution is 7.07. The van der Waals surface area contributed by atoms with E-state index in [9.17, 15) is 4.79 Å². The Labute approximate surface area is 153 Å². The smallest absolute Gasteiger partial charge is 0.273 e. The largest absolute Gasteiger partial charge is 0.329 e. The second-order valence-electron chi connectivity index (χ2n) is 5.14. The van der Waals surface area contributed by atoms with Crippen LogP contribution in [0.5, 0.6) is 0 Å². The topological polar surface area (TPSA) is 46.1 Å². The van der Waals surface area contributed by atoms with E-state index >= 15 is 0 Å². The number of nitrogens with zero attached hydrogens (tertiary/aromatic N) is 3. The molecule has 0 fully saturated rings. The van der Waals surface area contributed by atoms with Crippen LogP contribution in [0.4, 0.5) is 0 Å². The van der Waals surface area contributed by atoms with Crippen molar-refractivity contribution in [3.05, 3.63) is 80.5 Å². The van der Waals surface area contributed by atoms with Crippen LogP contribution in [0, 0.1) is 0 Å². The van der Waals surface area contributed by atoms with Gasteiger partial charge in [-0.15, -0.1) is 11.3 Å². The molecular formula is C17H13Cl2N3OS. The predicted octanol–water partition coefficient (Wildman–Crippen LogP) is 4.71. The number of carbonyl (C=O) groups excluding carboxylic acids is 1. The normalized spacial score (nSPS) is 12.0. The first-order chi connectivity index (χ1) is 11.6. The molecular weight excluding hydrogens is 365 g/mol. The summed E-state index contributed by atoms with van der Waals surface area (Å²) in [6, 6.07) is 8.60. The minimum Gasteiger partial charge on any atom is -0.329 e. The zero-order valence-corrected chi connectivity index (χ0v) is 15.0. The van der Waals surface area contributed by atoms with Crippen molar-refractivity contribution in [3.63, 3.8) is 0 Å². The lowest BCUT2D eigenvalue weighted by Crippen LogP contribution is -2.32. The molecule has 0 aliphatic heterocycles. The molecule has 0 saturated carbocycles. The maximum absolute atomic E-state index is 12.8. The Hall–Kier alpha value is -1.95. The second kappa shape index (κ2) is 7.30. The van der Waals surface area contributed by atoms with Crippen LogP contribution < -0.4 is 0 Å². The van der Waals surface area contributed by atoms with Gasteiger partial charge in [-0.2, -0.15) is 0 Å². The number of rotatable bonds is 4. The predicted molar refractivity (Wildman–Crippen MR) is 96.7 cm³/mol. The number of halogens is 2. The molecule has 0 bridgehead atoms. The molecule has 24 heavy (non-hydrogen) atoms. The van der Waals surface area contributed by atoms with Crippen LogP contribution in [0.2, 0.25) is 10.0 Å². The molecule has 0 radical (unpaired) electrons. The van der Waals surface area contributed by atoms with Crippen molar-refractivity contribution in [1.29, 1.82) is 0 Å². The molecule has 2 heterocycles. The van der Waals surface area contributed by atoms with Crippen molar-refractivity contribution in [3.8, 4) is 0 Å². The van der Waals surface area contributed by atoms with E-state index in [1.807, 2.05) is 18.2 Å². The van der Waals surface area contributed by atoms with Gasteiger partial charge in [-0.25, -0.2) is 4.98 Å². The summed E-state index contributed by atoms with van der Waals surface area (Å²) in [5.41, 5.74) is 3.67. The number of thiazole rings is 1. The highest BCUT2D eigenvalue weighted by Gasteiger charge is 2.27. The van der Waals surface area contributed by atoms with E-state index in [-0.39, 0.29) is 5.91 Å². The fraction of sp³-hybridized carbons (Fsp3) is 0.118. The van der Waals surface area contributed by atoms with Crippen LogP contribution in [0.3, 0.4) is 0 Å². The van der Waals surface area contributed by atoms with E-state index in [4.69, 9.17) is 23.2 Å². The van der Waals surface area contributed by atoms with Crippen LogP contribution in [0.15, 0.2) is 53.6 Å². The van der Waals surface area contributed by atoms with Crippen LogP contribution >= 0.6 is 34.5 Å². The summed E-state index contributed by atoms with van der Waals surface area (Å²) in [5, 5.41) is 2.76. The molecule has 0 unspecified atom stereocenters. The monoisotopic (exact) mass is 377 g/mol. The molecule has 2 aromatic heterocycles. The summed E-state index contributed by atoms with van der Waals surface area (Å²) >= 11 is 13.8. The van der Waals surface area contributed by atoms with Gasteiger partial charge in [0, 0.05) is 34.9 Å². The first-order valence-electron chi connectivity index (χ1n) is 7.08. The molecule has 3 rings (SSSR count). The summed E-state index contributed by atoms with van der Waals surface area (Å²) in [7, 11) is 1.73. The molecule has 0 aliphatic carbocycles. The van der Waals surface area contributed by atoms with Gasteiger partial charge in [0.1, 0.15) is 5.69 Å². The zero-order chi connectivity index (χ0) is 17.1. The number of carbonyl (C=O) groups is 1. The number of hydrogen-bond donors (Lipinski definition) is 0. The van der Waals surface area contributed by atoms with Crippen LogP contribution in [-0.4, -0.2) is 27.8 Å². The highest BCUT2D eigenvalue weighted by atomic mass is 35.5. The first kappa shape index (κ1) is 16.9. The quantitative estimate of drug-likeness (QED) is 0.661. The van der Waals surface area contributed by atoms with E-state index in [1.165, 1.54) is 11.3 Å². The maximum Gasteiger partial charge on any atom is 0.273 e. The lowest BCUT2D eigenvalue weighted by molar-refractivity contribution is 0.0750. The molecule has 1 amide bonds. The van der Waals surface area contributed by atoms with E-state index < -0.39 is 6.04 Å². The van der Waals surface area contributed by atoms with Gasteiger partial charge < -0.3 is 4.90 Å². The lowest BCUT2D eigenvalue weighted by atomic mass is 9.98. The number of benzene rings is 1. The van der Waals surface area contributed by atoms with Crippen molar-refractivity contribution in [2.75, 3.05) is 7.05 Å². The van der Waals surface area contributed by atoms with Gasteiger partial charge in [-0.1, -0.05) is 35.3 Å². The minimum absolute atomic E-state index is 0.184. The van der Waals surface area contributed by atoms with Crippen molar-refractivity contribution in [2.45, 2.75) is 6.04 Å². The Balaban J connectivity index is 2.07. The van der Waals surface area contributed by atoms with Crippen LogP contribution in [-0.2, 0) is 0 Å². The molecule has 0 N–H and O–H groups in total. The third-order valence-electron chi connectivity index (χ3n) is 3.62. The van der Waals surface area contributed by atoms with E-state index in [0.29, 0.717) is 15.7 Å². The summed E-state index contributed by atoms with van der Waals surface area (Å²) in [5.74, 6) is -0.184. The van der Waals surface area contributed by atoms with E-state index in [0.717, 1.165) is 11.1 Å². The van der Waals surface area contributed by atoms with Crippen molar-refractivity contribution in [2.24, 2.45) is 0 Å². The van der Waals surface area contributed by atoms with Crippen molar-refractivity contribution in [1.82, 2.24) is 14.9 Å². The average Bonchev–Trinajstić information content (AvgIpc) is 3.12. The van der Waals surface area contributed by atoms with Crippen LogP contribution in [0.25, 0.3) is 0 Å². The van der Waals surface area contributed by atoms with Crippen LogP contribution in [0.1, 0.15) is 27.7 Å². The van der Waals surface area contributed by atoms with Crippen molar-refractivity contribution < 1.29 is 4.79 Å². The standard InChI is InChI=1S/C17H13Cl2N3OS/c1-22(17(23)15-9-24-10-21-15)16(11-3-2-6-20-8-11)13-5-4-12(18)7-14(13)19/h2-10,16H,1H3/t16-/m1/s1. The molecule has 0 spiro atoms. The summed E-state index contributed by atoms with van der Waals surface area (Å²) in [4.78, 5) is 22.6. The summed E-state index contributed by atoms with van der Waals surface area (Å²) < 4.78 is 0. The highest BCUT2D eigenvalue weighted by Crippen LogP contribution is 2.34. The Kier molecular flexibility index (Phi) is 5.14. The van der Waals surface area contributed by atoms with Gasteiger partial charge >= 0.3 is 0 Å². The first-order valence-corrected chi connectivity index (χ1v) is 8.78. The number of aromatic nitrogens is 2. The van der Waals surface area contributed by atoms with Gasteiger partial charge in [0.15, 0.2) is 0 Å². The van der Waals surface area contributed by atoms with Gasteiger partial charge in [0.2, 0.25) is 0 Å². The third-order valence-corrected chi connectivity index (χ3v) is 4.77. The number of pyridine rings is 1. The Bertz CT molecular complexity index is 840. The van der Waals surface area contributed by atoms with Gasteiger partial charge in [-0.3, -0.25) is 9.78 Å². The molecule has 3 aromatic rings. The minimum atomic E-state index is -0.391. The maximum atomic E-state index is 12.8.